The highest BCUT2D eigenvalue weighted by Gasteiger charge is 2.28. The lowest BCUT2D eigenvalue weighted by atomic mass is 9.98. The van der Waals surface area contributed by atoms with Gasteiger partial charge in [-0.25, -0.2) is 8.42 Å². The first-order chi connectivity index (χ1) is 12.7. The van der Waals surface area contributed by atoms with Gasteiger partial charge in [0.05, 0.1) is 22.2 Å². The molecule has 0 heterocycles. The van der Waals surface area contributed by atoms with Crippen molar-refractivity contribution >= 4 is 45.1 Å². The predicted octanol–water partition coefficient (Wildman–Crippen LogP) is 3.51. The molecule has 2 rings (SSSR count). The van der Waals surface area contributed by atoms with Crippen molar-refractivity contribution in [1.29, 1.82) is 0 Å². The molecule has 0 aliphatic rings. The number of hydrogen-bond acceptors (Lipinski definition) is 6. The number of ether oxygens (including phenoxy) is 1. The number of hydrogen-bond donors (Lipinski definition) is 0. The van der Waals surface area contributed by atoms with Gasteiger partial charge < -0.3 is 4.74 Å². The zero-order chi connectivity index (χ0) is 20.0. The number of nitrogens with zero attached hydrogens (tertiary/aromatic N) is 1. The Morgan fingerprint density at radius 3 is 2.33 bits per heavy atom. The van der Waals surface area contributed by atoms with Gasteiger partial charge in [0.2, 0.25) is 0 Å². The number of esters is 1. The molecule has 0 bridgehead atoms. The maximum Gasteiger partial charge on any atom is 0.322 e. The molecule has 0 saturated carbocycles. The minimum absolute atomic E-state index is 0.113. The number of halogens is 1. The molecule has 8 heteroatoms. The van der Waals surface area contributed by atoms with Crippen LogP contribution in [0.3, 0.4) is 0 Å². The predicted molar refractivity (Wildman–Crippen MR) is 104 cm³/mol. The number of Topliss-reactive ketones (excluding diaryl/α,β-unsaturated/α-hetero) is 1. The number of carbonyl (C=O) groups is 2. The summed E-state index contributed by atoms with van der Waals surface area (Å²) in [6.07, 6.45) is 2.28. The van der Waals surface area contributed by atoms with Crippen LogP contribution in [-0.4, -0.2) is 39.2 Å². The van der Waals surface area contributed by atoms with Crippen LogP contribution in [0.4, 0.5) is 5.69 Å². The van der Waals surface area contributed by atoms with Crippen LogP contribution in [0, 0.1) is 5.92 Å². The van der Waals surface area contributed by atoms with Crippen LogP contribution in [0.2, 0.25) is 5.02 Å². The molecule has 0 amide bonds. The Morgan fingerprint density at radius 2 is 1.78 bits per heavy atom. The van der Waals surface area contributed by atoms with E-state index in [9.17, 15) is 18.0 Å². The summed E-state index contributed by atoms with van der Waals surface area (Å²) in [6.45, 7) is 1.75. The Hall–Kier alpha value is -2.51. The molecule has 0 N–H and O–H groups in total. The third-order valence-corrected chi connectivity index (χ3v) is 5.06. The lowest BCUT2D eigenvalue weighted by molar-refractivity contribution is -0.143. The van der Waals surface area contributed by atoms with Gasteiger partial charge in [-0.05, 0) is 43.3 Å². The molecule has 1 atom stereocenters. The minimum Gasteiger partial charge on any atom is -0.465 e. The van der Waals surface area contributed by atoms with Crippen molar-refractivity contribution in [3.63, 3.8) is 0 Å². The van der Waals surface area contributed by atoms with Crippen molar-refractivity contribution in [2.24, 2.45) is 10.9 Å². The van der Waals surface area contributed by atoms with Gasteiger partial charge in [-0.1, -0.05) is 23.7 Å². The fourth-order valence-electron chi connectivity index (χ4n) is 2.24. The van der Waals surface area contributed by atoms with Gasteiger partial charge >= 0.3 is 5.97 Å². The molecule has 0 fully saturated rings. The second kappa shape index (κ2) is 8.92. The van der Waals surface area contributed by atoms with Crippen molar-refractivity contribution in [1.82, 2.24) is 0 Å². The van der Waals surface area contributed by atoms with Crippen LogP contribution in [0.15, 0.2) is 58.4 Å². The van der Waals surface area contributed by atoms with Crippen LogP contribution in [0.5, 0.6) is 0 Å². The van der Waals surface area contributed by atoms with Crippen molar-refractivity contribution < 1.29 is 22.7 Å². The first-order valence-corrected chi connectivity index (χ1v) is 10.3. The lowest BCUT2D eigenvalue weighted by Crippen LogP contribution is -2.28. The van der Waals surface area contributed by atoms with Crippen LogP contribution in [-0.2, 0) is 19.4 Å². The summed E-state index contributed by atoms with van der Waals surface area (Å²) in [6, 6.07) is 12.2. The van der Waals surface area contributed by atoms with Crippen LogP contribution < -0.4 is 0 Å². The fourth-order valence-corrected chi connectivity index (χ4v) is 3.10. The summed E-state index contributed by atoms with van der Waals surface area (Å²) in [5.41, 5.74) is 0.583. The van der Waals surface area contributed by atoms with E-state index in [1.54, 1.807) is 25.1 Å². The Bertz CT molecular complexity index is 968. The van der Waals surface area contributed by atoms with Gasteiger partial charge in [-0.15, -0.1) is 0 Å². The molecule has 0 aliphatic carbocycles. The van der Waals surface area contributed by atoms with E-state index in [0.29, 0.717) is 5.69 Å². The molecular formula is C19H18ClNO5S. The van der Waals surface area contributed by atoms with Crippen LogP contribution in [0.25, 0.3) is 0 Å². The molecule has 142 valence electrons. The number of sulfone groups is 1. The monoisotopic (exact) mass is 407 g/mol. The molecular weight excluding hydrogens is 390 g/mol. The quantitative estimate of drug-likeness (QED) is 0.303. The molecule has 2 aromatic rings. The zero-order valence-corrected chi connectivity index (χ0v) is 16.3. The lowest BCUT2D eigenvalue weighted by Gasteiger charge is -2.11. The Morgan fingerprint density at radius 1 is 1.15 bits per heavy atom. The number of benzene rings is 2. The van der Waals surface area contributed by atoms with Gasteiger partial charge in [-0.2, -0.15) is 0 Å². The highest BCUT2D eigenvalue weighted by Crippen LogP contribution is 2.21. The van der Waals surface area contributed by atoms with Gasteiger partial charge in [-0.3, -0.25) is 14.6 Å². The van der Waals surface area contributed by atoms with E-state index in [4.69, 9.17) is 16.3 Å². The summed E-state index contributed by atoms with van der Waals surface area (Å²) >= 11 is 6.05. The summed E-state index contributed by atoms with van der Waals surface area (Å²) in [5.74, 6) is -2.53. The van der Waals surface area contributed by atoms with E-state index >= 15 is 0 Å². The first kappa shape index (κ1) is 20.8. The van der Waals surface area contributed by atoms with Gasteiger partial charge in [0.15, 0.2) is 21.5 Å². The van der Waals surface area contributed by atoms with Crippen molar-refractivity contribution in [3.05, 3.63) is 59.1 Å². The van der Waals surface area contributed by atoms with Gasteiger partial charge in [0, 0.05) is 18.0 Å². The third-order valence-electron chi connectivity index (χ3n) is 3.60. The molecule has 1 unspecified atom stereocenters. The zero-order valence-electron chi connectivity index (χ0n) is 14.8. The maximum absolute atomic E-state index is 12.7. The van der Waals surface area contributed by atoms with E-state index < -0.39 is 27.5 Å². The van der Waals surface area contributed by atoms with Crippen molar-refractivity contribution in [3.8, 4) is 0 Å². The number of aliphatic imine (C=N–C) groups is 1. The number of rotatable bonds is 7. The molecule has 0 aliphatic heterocycles. The Kier molecular flexibility index (Phi) is 6.87. The Labute approximate surface area is 162 Å². The summed E-state index contributed by atoms with van der Waals surface area (Å²) in [5, 5.41) is 0.225. The van der Waals surface area contributed by atoms with Crippen molar-refractivity contribution in [2.45, 2.75) is 11.8 Å². The number of ketones is 1. The molecule has 0 radical (unpaired) electrons. The third kappa shape index (κ3) is 5.48. The van der Waals surface area contributed by atoms with E-state index in [1.807, 2.05) is 0 Å². The Balaban J connectivity index is 2.32. The van der Waals surface area contributed by atoms with E-state index in [0.717, 1.165) is 6.26 Å². The first-order valence-electron chi connectivity index (χ1n) is 8.03. The number of carbonyl (C=O) groups excluding carboxylic acids is 2. The van der Waals surface area contributed by atoms with Crippen LogP contribution >= 0.6 is 11.6 Å². The molecule has 0 saturated heterocycles. The maximum atomic E-state index is 12.7. The summed E-state index contributed by atoms with van der Waals surface area (Å²) in [4.78, 5) is 29.2. The molecule has 6 nitrogen and oxygen atoms in total. The SMILES string of the molecule is CCOC(=O)C(C=Nc1ccc(S(C)(=O)=O)cc1)C(=O)c1ccccc1Cl. The van der Waals surface area contributed by atoms with E-state index in [-0.39, 0.29) is 22.1 Å². The van der Waals surface area contributed by atoms with E-state index in [1.165, 1.54) is 36.5 Å². The largest absolute Gasteiger partial charge is 0.465 e. The average Bonchev–Trinajstić information content (AvgIpc) is 2.62. The standard InChI is InChI=1S/C19H18ClNO5S/c1-3-26-19(23)16(18(22)15-6-4-5-7-17(15)20)12-21-13-8-10-14(11-9-13)27(2,24)25/h4-12,16H,3H2,1-2H3. The normalized spacial score (nSPS) is 12.7. The van der Waals surface area contributed by atoms with Gasteiger partial charge in [0.25, 0.3) is 0 Å². The molecule has 0 spiro atoms. The smallest absolute Gasteiger partial charge is 0.322 e. The average molecular weight is 408 g/mol. The molecule has 0 aromatic heterocycles. The second-order valence-electron chi connectivity index (χ2n) is 5.62. The van der Waals surface area contributed by atoms with Crippen molar-refractivity contribution in [2.75, 3.05) is 12.9 Å². The molecule has 27 heavy (non-hydrogen) atoms. The van der Waals surface area contributed by atoms with E-state index in [2.05, 4.69) is 4.99 Å². The van der Waals surface area contributed by atoms with Gasteiger partial charge in [0.1, 0.15) is 0 Å². The van der Waals surface area contributed by atoms with Crippen LogP contribution in [0.1, 0.15) is 17.3 Å². The minimum atomic E-state index is -3.32. The second-order valence-corrected chi connectivity index (χ2v) is 8.04. The highest BCUT2D eigenvalue weighted by atomic mass is 35.5. The fraction of sp³-hybridized carbons (Fsp3) is 0.211. The molecule has 2 aromatic carbocycles. The summed E-state index contributed by atoms with van der Waals surface area (Å²) < 4.78 is 28.0. The summed E-state index contributed by atoms with van der Waals surface area (Å²) in [7, 11) is -3.32. The topological polar surface area (TPSA) is 89.9 Å². The highest BCUT2D eigenvalue weighted by molar-refractivity contribution is 7.90.